The van der Waals surface area contributed by atoms with Crippen LogP contribution in [-0.2, 0) is 10.2 Å². The molecule has 0 spiro atoms. The van der Waals surface area contributed by atoms with Crippen molar-refractivity contribution in [3.05, 3.63) is 111 Å². The Labute approximate surface area is 301 Å². The Morgan fingerprint density at radius 1 is 0.904 bits per heavy atom. The molecule has 1 aromatic heterocycles. The van der Waals surface area contributed by atoms with Crippen molar-refractivity contribution in [3.63, 3.8) is 0 Å². The molecule has 12 heteroatoms. The van der Waals surface area contributed by atoms with Crippen LogP contribution in [0.15, 0.2) is 83.7 Å². The molecule has 4 fully saturated rings. The molecule has 52 heavy (non-hydrogen) atoms. The summed E-state index contributed by atoms with van der Waals surface area (Å²) in [5.74, 6) is -0.978. The van der Waals surface area contributed by atoms with Crippen molar-refractivity contribution in [3.8, 4) is 5.75 Å². The number of aliphatic hydroxyl groups excluding tert-OH is 1. The molecule has 3 aromatic carbocycles. The highest BCUT2D eigenvalue weighted by molar-refractivity contribution is 6.00. The highest BCUT2D eigenvalue weighted by Crippen LogP contribution is 2.50. The number of pyridine rings is 1. The van der Waals surface area contributed by atoms with Gasteiger partial charge in [-0.25, -0.2) is 0 Å². The minimum atomic E-state index is -1.17. The van der Waals surface area contributed by atoms with Crippen molar-refractivity contribution in [2.24, 2.45) is 11.8 Å². The van der Waals surface area contributed by atoms with Gasteiger partial charge in [0.2, 0.25) is 5.56 Å². The van der Waals surface area contributed by atoms with Crippen LogP contribution < -0.4 is 16.2 Å². The summed E-state index contributed by atoms with van der Waals surface area (Å²) in [4.78, 5) is 58.4. The number of phenolic OH excluding ortho intramolecular Hbond substituents is 1. The molecular weight excluding hydrogens is 662 g/mol. The van der Waals surface area contributed by atoms with Crippen molar-refractivity contribution in [2.75, 3.05) is 45.8 Å². The fourth-order valence-corrected chi connectivity index (χ4v) is 8.60. The van der Waals surface area contributed by atoms with Crippen LogP contribution in [0.5, 0.6) is 5.75 Å². The van der Waals surface area contributed by atoms with Gasteiger partial charge in [0.15, 0.2) is 0 Å². The summed E-state index contributed by atoms with van der Waals surface area (Å²) in [5.41, 5.74) is 0.970. The third-order valence-electron chi connectivity index (χ3n) is 11.4. The number of aromatic hydroxyl groups is 1. The Morgan fingerprint density at radius 2 is 1.62 bits per heavy atom. The van der Waals surface area contributed by atoms with Crippen LogP contribution in [0, 0.1) is 11.8 Å². The van der Waals surface area contributed by atoms with Gasteiger partial charge in [0, 0.05) is 48.8 Å². The number of hydrogen-bond acceptors (Lipinski definition) is 8. The van der Waals surface area contributed by atoms with Gasteiger partial charge in [-0.3, -0.25) is 19.2 Å². The van der Waals surface area contributed by atoms with Gasteiger partial charge in [0.05, 0.1) is 17.7 Å². The lowest BCUT2D eigenvalue weighted by Crippen LogP contribution is -2.76. The van der Waals surface area contributed by atoms with E-state index in [0.717, 1.165) is 44.5 Å². The van der Waals surface area contributed by atoms with E-state index in [4.69, 9.17) is 0 Å². The number of carbonyl (C=O) groups is 3. The lowest BCUT2D eigenvalue weighted by atomic mass is 9.58. The van der Waals surface area contributed by atoms with E-state index in [-0.39, 0.29) is 47.6 Å². The molecule has 2 amide bonds. The standard InChI is InChI=1S/C40H45N5O7/c46-32-14-12-29(30-13-15-34(48)43-35(30)32)33(47)22-41-18-4-5-19-42-37(49)26-8-10-27(11-9-26)38(50)45-24-40(39(51)52,28-6-2-1-3-7-28)36(45)31-23-44-20-16-25(31)17-21-44/h1-3,6-15,25,31,33,36,41,46-47H,4-5,16-24H2,(H,42,49)(H,43,48)(H,51,52). The number of aliphatic hydroxyl groups is 1. The van der Waals surface area contributed by atoms with Gasteiger partial charge in [-0.05, 0) is 105 Å². The van der Waals surface area contributed by atoms with E-state index in [9.17, 15) is 34.5 Å². The number of unbranched alkanes of at least 4 members (excludes halogenated alkanes) is 1. The normalized spacial score (nSPS) is 24.3. The molecule has 4 aliphatic rings. The number of piperidine rings is 3. The Kier molecular flexibility index (Phi) is 10.1. The number of H-pyrrole nitrogens is 1. The fourth-order valence-electron chi connectivity index (χ4n) is 8.60. The Hall–Kier alpha value is -5.04. The monoisotopic (exact) mass is 707 g/mol. The van der Waals surface area contributed by atoms with Crippen LogP contribution in [-0.4, -0.2) is 99.7 Å². The first-order valence-corrected chi connectivity index (χ1v) is 18.1. The minimum Gasteiger partial charge on any atom is -0.506 e. The summed E-state index contributed by atoms with van der Waals surface area (Å²) in [7, 11) is 0. The van der Waals surface area contributed by atoms with Crippen LogP contribution in [0.4, 0.5) is 0 Å². The van der Waals surface area contributed by atoms with Gasteiger partial charge in [0.25, 0.3) is 11.8 Å². The summed E-state index contributed by atoms with van der Waals surface area (Å²) >= 11 is 0. The number of aliphatic carboxylic acids is 1. The summed E-state index contributed by atoms with van der Waals surface area (Å²) in [6.07, 6.45) is 2.64. The predicted octanol–water partition coefficient (Wildman–Crippen LogP) is 3.26. The minimum absolute atomic E-state index is 0.0598. The van der Waals surface area contributed by atoms with Gasteiger partial charge < -0.3 is 40.7 Å². The van der Waals surface area contributed by atoms with E-state index in [2.05, 4.69) is 20.5 Å². The molecule has 0 aliphatic carbocycles. The predicted molar refractivity (Wildman–Crippen MR) is 195 cm³/mol. The lowest BCUT2D eigenvalue weighted by molar-refractivity contribution is -0.162. The maximum Gasteiger partial charge on any atom is 0.318 e. The van der Waals surface area contributed by atoms with E-state index < -0.39 is 23.5 Å². The van der Waals surface area contributed by atoms with Crippen LogP contribution in [0.3, 0.4) is 0 Å². The van der Waals surface area contributed by atoms with Gasteiger partial charge in [-0.2, -0.15) is 0 Å². The molecule has 5 heterocycles. The zero-order valence-corrected chi connectivity index (χ0v) is 29.0. The zero-order valence-electron chi connectivity index (χ0n) is 29.0. The Balaban J connectivity index is 0.912. The van der Waals surface area contributed by atoms with E-state index in [1.807, 2.05) is 30.3 Å². The second-order valence-electron chi connectivity index (χ2n) is 14.4. The molecule has 4 aromatic rings. The number of likely N-dealkylation sites (tertiary alicyclic amines) is 1. The highest BCUT2D eigenvalue weighted by atomic mass is 16.4. The third kappa shape index (κ3) is 6.69. The van der Waals surface area contributed by atoms with Crippen LogP contribution >= 0.6 is 0 Å². The number of nitrogens with one attached hydrogen (secondary N) is 3. The number of nitrogens with zero attached hydrogens (tertiary/aromatic N) is 2. The second-order valence-corrected chi connectivity index (χ2v) is 14.4. The number of phenols is 1. The van der Waals surface area contributed by atoms with E-state index in [1.165, 1.54) is 12.1 Å². The van der Waals surface area contributed by atoms with Crippen molar-refractivity contribution in [1.29, 1.82) is 0 Å². The number of fused-ring (bicyclic) bond motifs is 4. The number of amides is 2. The fraction of sp³-hybridized carbons (Fsp3) is 0.400. The van der Waals surface area contributed by atoms with Crippen molar-refractivity contribution in [1.82, 2.24) is 25.4 Å². The lowest BCUT2D eigenvalue weighted by Gasteiger charge is -2.61. The first-order valence-electron chi connectivity index (χ1n) is 18.1. The van der Waals surface area contributed by atoms with Crippen LogP contribution in [0.1, 0.15) is 63.6 Å². The Morgan fingerprint density at radius 3 is 2.31 bits per heavy atom. The van der Waals surface area contributed by atoms with Crippen LogP contribution in [0.2, 0.25) is 0 Å². The van der Waals surface area contributed by atoms with Gasteiger partial charge >= 0.3 is 5.97 Å². The first-order chi connectivity index (χ1) is 25.2. The summed E-state index contributed by atoms with van der Waals surface area (Å²) in [6.45, 7) is 4.26. The number of aromatic amines is 1. The molecule has 6 N–H and O–H groups in total. The number of carboxylic acid groups (broad SMARTS) is 1. The van der Waals surface area contributed by atoms with E-state index in [0.29, 0.717) is 47.5 Å². The third-order valence-corrected chi connectivity index (χ3v) is 11.4. The molecule has 4 saturated heterocycles. The van der Waals surface area contributed by atoms with Crippen molar-refractivity contribution in [2.45, 2.75) is 43.2 Å². The highest BCUT2D eigenvalue weighted by Gasteiger charge is 2.64. The second kappa shape index (κ2) is 14.9. The smallest absolute Gasteiger partial charge is 0.318 e. The Bertz CT molecular complexity index is 1990. The number of carbonyl (C=O) groups excluding carboxylic acids is 2. The summed E-state index contributed by atoms with van der Waals surface area (Å²) in [5, 5.41) is 38.2. The van der Waals surface area contributed by atoms with E-state index in [1.54, 1.807) is 41.3 Å². The SMILES string of the molecule is O=C(NCCCCNCC(O)c1ccc(O)c2[nH]c(=O)ccc12)c1ccc(C(=O)N2CC(C(=O)O)(c3ccccc3)C2C2CN3CCC2CC3)cc1. The quantitative estimate of drug-likeness (QED) is 0.114. The first kappa shape index (κ1) is 35.4. The molecule has 4 atom stereocenters. The summed E-state index contributed by atoms with van der Waals surface area (Å²) < 4.78 is 0. The maximum atomic E-state index is 14.0. The topological polar surface area (TPSA) is 175 Å². The summed E-state index contributed by atoms with van der Waals surface area (Å²) in [6, 6.07) is 21.5. The largest absolute Gasteiger partial charge is 0.506 e. The molecule has 12 nitrogen and oxygen atoms in total. The maximum absolute atomic E-state index is 14.0. The molecule has 0 radical (unpaired) electrons. The molecule has 8 rings (SSSR count). The van der Waals surface area contributed by atoms with Gasteiger partial charge in [0.1, 0.15) is 11.2 Å². The molecule has 4 aliphatic heterocycles. The molecular formula is C40H45N5O7. The number of hydrogen-bond donors (Lipinski definition) is 6. The zero-order chi connectivity index (χ0) is 36.4. The van der Waals surface area contributed by atoms with E-state index >= 15 is 0 Å². The molecule has 0 saturated carbocycles. The molecule has 272 valence electrons. The number of carboxylic acids is 1. The molecule has 2 bridgehead atoms. The number of aromatic nitrogens is 1. The molecule has 4 unspecified atom stereocenters. The van der Waals surface area contributed by atoms with Crippen LogP contribution in [0.25, 0.3) is 10.9 Å². The van der Waals surface area contributed by atoms with Crippen molar-refractivity contribution >= 4 is 28.7 Å². The average Bonchev–Trinajstić information content (AvgIpc) is 3.15. The average molecular weight is 708 g/mol. The van der Waals surface area contributed by atoms with Gasteiger partial charge in [-0.1, -0.05) is 36.4 Å². The van der Waals surface area contributed by atoms with Crippen molar-refractivity contribution < 1.29 is 29.7 Å². The van der Waals surface area contributed by atoms with Gasteiger partial charge in [-0.15, -0.1) is 0 Å². The number of benzene rings is 3. The number of rotatable bonds is 13.